The van der Waals surface area contributed by atoms with Crippen LogP contribution in [-0.4, -0.2) is 0 Å². The molecule has 0 saturated carbocycles. The Balaban J connectivity index is 2.37. The van der Waals surface area contributed by atoms with Crippen molar-refractivity contribution in [1.29, 1.82) is 0 Å². The molecule has 0 spiro atoms. The van der Waals surface area contributed by atoms with E-state index in [4.69, 9.17) is 0 Å². The zero-order valence-electron chi connectivity index (χ0n) is 12.6. The van der Waals surface area contributed by atoms with E-state index in [9.17, 15) is 0 Å². The Morgan fingerprint density at radius 2 is 1.25 bits per heavy atom. The highest BCUT2D eigenvalue weighted by Gasteiger charge is 2.08. The van der Waals surface area contributed by atoms with Crippen molar-refractivity contribution in [2.75, 3.05) is 0 Å². The maximum Gasteiger partial charge on any atom is -0.0122 e. The lowest BCUT2D eigenvalue weighted by molar-refractivity contribution is 0.714. The number of hydrogen-bond acceptors (Lipinski definition) is 0. The van der Waals surface area contributed by atoms with Crippen LogP contribution in [0.1, 0.15) is 50.7 Å². The Morgan fingerprint density at radius 3 is 1.70 bits per heavy atom. The lowest BCUT2D eigenvalue weighted by Gasteiger charge is -2.13. The summed E-state index contributed by atoms with van der Waals surface area (Å²) in [5.41, 5.74) is 5.55. The van der Waals surface area contributed by atoms with Crippen molar-refractivity contribution in [2.45, 2.75) is 39.5 Å². The summed E-state index contributed by atoms with van der Waals surface area (Å²) in [6.45, 7) is 4.54. The third-order valence-electron chi connectivity index (χ3n) is 3.71. The second-order valence-corrected chi connectivity index (χ2v) is 5.34. The lowest BCUT2D eigenvalue weighted by Crippen LogP contribution is -1.93. The first-order chi connectivity index (χ1) is 9.83. The van der Waals surface area contributed by atoms with E-state index >= 15 is 0 Å². The summed E-state index contributed by atoms with van der Waals surface area (Å²) in [6, 6.07) is 21.5. The molecular formula is C20H24. The third-order valence-corrected chi connectivity index (χ3v) is 3.71. The van der Waals surface area contributed by atoms with Gasteiger partial charge in [0.2, 0.25) is 0 Å². The topological polar surface area (TPSA) is 0 Å². The molecule has 0 aliphatic rings. The Kier molecular flexibility index (Phi) is 5.61. The second kappa shape index (κ2) is 7.69. The standard InChI is InChI=1S/C20H24/c1-3-4-7-12-17(2)20(18-13-8-5-9-14-18)19-15-10-6-11-16-19/h5-6,8-11,13-16H,3-4,7,12H2,1-2H3. The molecule has 0 unspecified atom stereocenters. The van der Waals surface area contributed by atoms with Crippen molar-refractivity contribution in [1.82, 2.24) is 0 Å². The van der Waals surface area contributed by atoms with Crippen molar-refractivity contribution in [3.8, 4) is 0 Å². The average Bonchev–Trinajstić information content (AvgIpc) is 2.50. The van der Waals surface area contributed by atoms with Crippen LogP contribution in [0.2, 0.25) is 0 Å². The molecule has 0 radical (unpaired) electrons. The first-order valence-electron chi connectivity index (χ1n) is 7.63. The second-order valence-electron chi connectivity index (χ2n) is 5.34. The van der Waals surface area contributed by atoms with E-state index < -0.39 is 0 Å². The normalized spacial score (nSPS) is 10.3. The molecule has 0 N–H and O–H groups in total. The molecule has 0 saturated heterocycles. The van der Waals surface area contributed by atoms with Gasteiger partial charge in [-0.05, 0) is 36.5 Å². The molecule has 0 nitrogen and oxygen atoms in total. The third kappa shape index (κ3) is 3.84. The van der Waals surface area contributed by atoms with Crippen molar-refractivity contribution in [2.24, 2.45) is 0 Å². The first-order valence-corrected chi connectivity index (χ1v) is 7.63. The Bertz CT molecular complexity index is 493. The lowest BCUT2D eigenvalue weighted by atomic mass is 9.91. The number of hydrogen-bond donors (Lipinski definition) is 0. The highest BCUT2D eigenvalue weighted by molar-refractivity contribution is 5.81. The van der Waals surface area contributed by atoms with Crippen molar-refractivity contribution >= 4 is 5.57 Å². The van der Waals surface area contributed by atoms with Gasteiger partial charge in [0.1, 0.15) is 0 Å². The summed E-state index contributed by atoms with van der Waals surface area (Å²) < 4.78 is 0. The van der Waals surface area contributed by atoms with Crippen LogP contribution >= 0.6 is 0 Å². The fourth-order valence-corrected chi connectivity index (χ4v) is 2.63. The predicted octanol–water partition coefficient (Wildman–Crippen LogP) is 6.09. The fraction of sp³-hybridized carbons (Fsp3) is 0.300. The number of rotatable bonds is 6. The van der Waals surface area contributed by atoms with Gasteiger partial charge in [0, 0.05) is 0 Å². The Labute approximate surface area is 123 Å². The highest BCUT2D eigenvalue weighted by Crippen LogP contribution is 2.29. The molecule has 2 aromatic rings. The van der Waals surface area contributed by atoms with Crippen LogP contribution in [0, 0.1) is 0 Å². The smallest absolute Gasteiger partial charge is 0.0122 e. The van der Waals surface area contributed by atoms with Gasteiger partial charge in [-0.25, -0.2) is 0 Å². The minimum atomic E-state index is 1.19. The van der Waals surface area contributed by atoms with Gasteiger partial charge in [-0.1, -0.05) is 86.0 Å². The summed E-state index contributed by atoms with van der Waals surface area (Å²) >= 11 is 0. The summed E-state index contributed by atoms with van der Waals surface area (Å²) in [4.78, 5) is 0. The van der Waals surface area contributed by atoms with Crippen LogP contribution in [0.15, 0.2) is 66.2 Å². The summed E-state index contributed by atoms with van der Waals surface area (Å²) in [7, 11) is 0. The zero-order valence-corrected chi connectivity index (χ0v) is 12.6. The highest BCUT2D eigenvalue weighted by atomic mass is 14.1. The predicted molar refractivity (Wildman–Crippen MR) is 88.7 cm³/mol. The molecule has 0 heteroatoms. The van der Waals surface area contributed by atoms with E-state index in [2.05, 4.69) is 74.5 Å². The maximum atomic E-state index is 2.28. The SMILES string of the molecule is CCCCCC(C)=C(c1ccccc1)c1ccccc1. The van der Waals surface area contributed by atoms with Crippen LogP contribution in [-0.2, 0) is 0 Å². The van der Waals surface area contributed by atoms with Crippen molar-refractivity contribution in [3.05, 3.63) is 77.4 Å². The zero-order chi connectivity index (χ0) is 14.2. The summed E-state index contributed by atoms with van der Waals surface area (Å²) in [5, 5.41) is 0. The number of unbranched alkanes of at least 4 members (excludes halogenated alkanes) is 2. The van der Waals surface area contributed by atoms with Crippen LogP contribution < -0.4 is 0 Å². The van der Waals surface area contributed by atoms with Crippen molar-refractivity contribution in [3.63, 3.8) is 0 Å². The summed E-state index contributed by atoms with van der Waals surface area (Å²) in [5.74, 6) is 0. The molecule has 0 fully saturated rings. The number of allylic oxidation sites excluding steroid dienone is 1. The van der Waals surface area contributed by atoms with Gasteiger partial charge in [0.25, 0.3) is 0 Å². The van der Waals surface area contributed by atoms with Crippen LogP contribution in [0.25, 0.3) is 5.57 Å². The van der Waals surface area contributed by atoms with Gasteiger partial charge in [-0.3, -0.25) is 0 Å². The van der Waals surface area contributed by atoms with Gasteiger partial charge in [-0.2, -0.15) is 0 Å². The van der Waals surface area contributed by atoms with E-state index in [1.54, 1.807) is 0 Å². The van der Waals surface area contributed by atoms with Gasteiger partial charge in [0.15, 0.2) is 0 Å². The first kappa shape index (κ1) is 14.6. The van der Waals surface area contributed by atoms with Gasteiger partial charge in [-0.15, -0.1) is 0 Å². The molecule has 0 aliphatic carbocycles. The molecular weight excluding hydrogens is 240 g/mol. The van der Waals surface area contributed by atoms with E-state index in [0.29, 0.717) is 0 Å². The van der Waals surface area contributed by atoms with E-state index in [-0.39, 0.29) is 0 Å². The largest absolute Gasteiger partial charge is 0.0654 e. The molecule has 0 heterocycles. The van der Waals surface area contributed by atoms with Gasteiger partial charge in [0.05, 0.1) is 0 Å². The molecule has 0 bridgehead atoms. The Morgan fingerprint density at radius 1 is 0.750 bits per heavy atom. The molecule has 2 rings (SSSR count). The average molecular weight is 264 g/mol. The van der Waals surface area contributed by atoms with Crippen LogP contribution in [0.3, 0.4) is 0 Å². The van der Waals surface area contributed by atoms with E-state index in [0.717, 1.165) is 0 Å². The van der Waals surface area contributed by atoms with Crippen LogP contribution in [0.5, 0.6) is 0 Å². The molecule has 20 heavy (non-hydrogen) atoms. The Hall–Kier alpha value is -1.82. The van der Waals surface area contributed by atoms with Crippen molar-refractivity contribution < 1.29 is 0 Å². The monoisotopic (exact) mass is 264 g/mol. The van der Waals surface area contributed by atoms with E-state index in [1.807, 2.05) is 0 Å². The molecule has 0 aliphatic heterocycles. The quantitative estimate of drug-likeness (QED) is 0.554. The molecule has 0 amide bonds. The number of benzene rings is 2. The van der Waals surface area contributed by atoms with Gasteiger partial charge >= 0.3 is 0 Å². The molecule has 104 valence electrons. The molecule has 0 aromatic heterocycles. The maximum absolute atomic E-state index is 2.28. The molecule has 0 atom stereocenters. The summed E-state index contributed by atoms with van der Waals surface area (Å²) in [6.07, 6.45) is 5.06. The minimum absolute atomic E-state index is 1.19. The van der Waals surface area contributed by atoms with Gasteiger partial charge < -0.3 is 0 Å². The minimum Gasteiger partial charge on any atom is -0.0654 e. The molecule has 2 aromatic carbocycles. The van der Waals surface area contributed by atoms with Crippen LogP contribution in [0.4, 0.5) is 0 Å². The fourth-order valence-electron chi connectivity index (χ4n) is 2.63. The van der Waals surface area contributed by atoms with E-state index in [1.165, 1.54) is 48.0 Å².